The van der Waals surface area contributed by atoms with E-state index in [1.807, 2.05) is 26.0 Å². The van der Waals surface area contributed by atoms with Crippen LogP contribution in [0.4, 0.5) is 0 Å². The topological polar surface area (TPSA) is 55.8 Å². The van der Waals surface area contributed by atoms with Crippen LogP contribution < -0.4 is 4.74 Å². The van der Waals surface area contributed by atoms with Crippen LogP contribution in [0.15, 0.2) is 30.3 Å². The van der Waals surface area contributed by atoms with Gasteiger partial charge in [-0.15, -0.1) is 0 Å². The van der Waals surface area contributed by atoms with Gasteiger partial charge in [-0.3, -0.25) is 0 Å². The van der Waals surface area contributed by atoms with E-state index in [-0.39, 0.29) is 6.10 Å². The fraction of sp³-hybridized carbons (Fsp3) is 0.357. The molecule has 4 heteroatoms. The molecule has 0 saturated carbocycles. The summed E-state index contributed by atoms with van der Waals surface area (Å²) in [6.45, 7) is 4.94. The highest BCUT2D eigenvalue weighted by atomic mass is 16.5. The van der Waals surface area contributed by atoms with E-state index < -0.39 is 5.97 Å². The van der Waals surface area contributed by atoms with Gasteiger partial charge in [0.05, 0.1) is 6.10 Å². The van der Waals surface area contributed by atoms with E-state index in [4.69, 9.17) is 14.6 Å². The Morgan fingerprint density at radius 3 is 2.83 bits per heavy atom. The molecule has 1 aromatic carbocycles. The summed E-state index contributed by atoms with van der Waals surface area (Å²) >= 11 is 0. The number of carboxylic acids is 1. The SMILES string of the molecule is CCOC(C)COc1ccccc1/C=C/C(=O)O. The fourth-order valence-electron chi connectivity index (χ4n) is 1.45. The predicted molar refractivity (Wildman–Crippen MR) is 69.7 cm³/mol. The van der Waals surface area contributed by atoms with Gasteiger partial charge >= 0.3 is 5.97 Å². The van der Waals surface area contributed by atoms with Crippen LogP contribution in [-0.4, -0.2) is 30.4 Å². The summed E-state index contributed by atoms with van der Waals surface area (Å²) in [4.78, 5) is 10.5. The molecule has 1 atom stereocenters. The van der Waals surface area contributed by atoms with Crippen molar-refractivity contribution in [1.82, 2.24) is 0 Å². The molecule has 0 heterocycles. The first-order valence-corrected chi connectivity index (χ1v) is 5.88. The van der Waals surface area contributed by atoms with E-state index in [1.54, 1.807) is 12.1 Å². The number of carboxylic acid groups (broad SMARTS) is 1. The van der Waals surface area contributed by atoms with E-state index in [0.717, 1.165) is 11.6 Å². The van der Waals surface area contributed by atoms with Crippen LogP contribution in [0.5, 0.6) is 5.75 Å². The van der Waals surface area contributed by atoms with Crippen LogP contribution in [0, 0.1) is 0 Å². The highest BCUT2D eigenvalue weighted by molar-refractivity contribution is 5.85. The fourth-order valence-corrected chi connectivity index (χ4v) is 1.45. The number of ether oxygens (including phenoxy) is 2. The third-order valence-corrected chi connectivity index (χ3v) is 2.25. The van der Waals surface area contributed by atoms with Gasteiger partial charge < -0.3 is 14.6 Å². The molecular weight excluding hydrogens is 232 g/mol. The average molecular weight is 250 g/mol. The Balaban J connectivity index is 2.67. The first-order valence-electron chi connectivity index (χ1n) is 5.88. The summed E-state index contributed by atoms with van der Waals surface area (Å²) in [5.74, 6) is -0.325. The van der Waals surface area contributed by atoms with Crippen molar-refractivity contribution in [3.05, 3.63) is 35.9 Å². The molecule has 1 N–H and O–H groups in total. The second kappa shape index (κ2) is 7.50. The van der Waals surface area contributed by atoms with Crippen molar-refractivity contribution in [2.45, 2.75) is 20.0 Å². The van der Waals surface area contributed by atoms with Gasteiger partial charge in [-0.25, -0.2) is 4.79 Å². The summed E-state index contributed by atoms with van der Waals surface area (Å²) in [5, 5.41) is 8.61. The Labute approximate surface area is 107 Å². The second-order valence-corrected chi connectivity index (χ2v) is 3.79. The molecule has 1 unspecified atom stereocenters. The Hall–Kier alpha value is -1.81. The maximum atomic E-state index is 10.5. The molecule has 0 aromatic heterocycles. The third kappa shape index (κ3) is 5.01. The molecule has 98 valence electrons. The molecule has 1 rings (SSSR count). The molecular formula is C14H18O4. The zero-order valence-corrected chi connectivity index (χ0v) is 10.6. The van der Waals surface area contributed by atoms with Crippen molar-refractivity contribution >= 4 is 12.0 Å². The molecule has 1 aromatic rings. The van der Waals surface area contributed by atoms with Gasteiger partial charge in [0.15, 0.2) is 0 Å². The van der Waals surface area contributed by atoms with Crippen LogP contribution in [0.3, 0.4) is 0 Å². The van der Waals surface area contributed by atoms with Crippen molar-refractivity contribution in [2.75, 3.05) is 13.2 Å². The molecule has 0 bridgehead atoms. The minimum atomic E-state index is -0.979. The summed E-state index contributed by atoms with van der Waals surface area (Å²) in [7, 11) is 0. The molecule has 0 saturated heterocycles. The van der Waals surface area contributed by atoms with E-state index in [9.17, 15) is 4.79 Å². The summed E-state index contributed by atoms with van der Waals surface area (Å²) in [6, 6.07) is 7.29. The lowest BCUT2D eigenvalue weighted by Gasteiger charge is -2.14. The van der Waals surface area contributed by atoms with Gasteiger partial charge in [0.25, 0.3) is 0 Å². The van der Waals surface area contributed by atoms with Crippen LogP contribution in [0.25, 0.3) is 6.08 Å². The summed E-state index contributed by atoms with van der Waals surface area (Å²) in [5.41, 5.74) is 0.739. The first kappa shape index (κ1) is 14.3. The third-order valence-electron chi connectivity index (χ3n) is 2.25. The molecule has 0 aliphatic rings. The van der Waals surface area contributed by atoms with Gasteiger partial charge in [0, 0.05) is 18.2 Å². The maximum Gasteiger partial charge on any atom is 0.328 e. The average Bonchev–Trinajstić information content (AvgIpc) is 2.35. The molecule has 18 heavy (non-hydrogen) atoms. The van der Waals surface area contributed by atoms with Crippen LogP contribution in [-0.2, 0) is 9.53 Å². The summed E-state index contributed by atoms with van der Waals surface area (Å²) in [6.07, 6.45) is 2.61. The number of hydrogen-bond donors (Lipinski definition) is 1. The lowest BCUT2D eigenvalue weighted by molar-refractivity contribution is -0.131. The smallest absolute Gasteiger partial charge is 0.328 e. The Morgan fingerprint density at radius 2 is 2.17 bits per heavy atom. The van der Waals surface area contributed by atoms with E-state index in [1.165, 1.54) is 6.08 Å². The van der Waals surface area contributed by atoms with E-state index in [2.05, 4.69) is 0 Å². The quantitative estimate of drug-likeness (QED) is 0.756. The van der Waals surface area contributed by atoms with E-state index >= 15 is 0 Å². The van der Waals surface area contributed by atoms with Crippen LogP contribution in [0.1, 0.15) is 19.4 Å². The Kier molecular flexibility index (Phi) is 5.94. The van der Waals surface area contributed by atoms with Crippen molar-refractivity contribution in [2.24, 2.45) is 0 Å². The zero-order chi connectivity index (χ0) is 13.4. The lowest BCUT2D eigenvalue weighted by Crippen LogP contribution is -2.18. The van der Waals surface area contributed by atoms with Crippen molar-refractivity contribution in [1.29, 1.82) is 0 Å². The highest BCUT2D eigenvalue weighted by Crippen LogP contribution is 2.19. The highest BCUT2D eigenvalue weighted by Gasteiger charge is 2.04. The molecule has 0 aliphatic heterocycles. The van der Waals surface area contributed by atoms with Crippen LogP contribution in [0.2, 0.25) is 0 Å². The van der Waals surface area contributed by atoms with Gasteiger partial charge in [-0.2, -0.15) is 0 Å². The molecule has 4 nitrogen and oxygen atoms in total. The molecule has 0 spiro atoms. The number of benzene rings is 1. The van der Waals surface area contributed by atoms with Gasteiger partial charge in [-0.1, -0.05) is 18.2 Å². The number of para-hydroxylation sites is 1. The number of aliphatic carboxylic acids is 1. The minimum Gasteiger partial charge on any atom is -0.490 e. The van der Waals surface area contributed by atoms with Crippen molar-refractivity contribution < 1.29 is 19.4 Å². The van der Waals surface area contributed by atoms with E-state index in [0.29, 0.717) is 19.0 Å². The molecule has 0 aliphatic carbocycles. The largest absolute Gasteiger partial charge is 0.490 e. The molecule has 0 radical (unpaired) electrons. The Morgan fingerprint density at radius 1 is 1.44 bits per heavy atom. The van der Waals surface area contributed by atoms with Crippen molar-refractivity contribution in [3.8, 4) is 5.75 Å². The van der Waals surface area contributed by atoms with Gasteiger partial charge in [0.2, 0.25) is 0 Å². The van der Waals surface area contributed by atoms with Gasteiger partial charge in [0.1, 0.15) is 12.4 Å². The zero-order valence-electron chi connectivity index (χ0n) is 10.6. The maximum absolute atomic E-state index is 10.5. The monoisotopic (exact) mass is 250 g/mol. The normalized spacial score (nSPS) is 12.6. The second-order valence-electron chi connectivity index (χ2n) is 3.79. The lowest BCUT2D eigenvalue weighted by atomic mass is 10.2. The standard InChI is InChI=1S/C14H18O4/c1-3-17-11(2)10-18-13-7-5-4-6-12(13)8-9-14(15)16/h4-9,11H,3,10H2,1-2H3,(H,15,16)/b9-8+. The minimum absolute atomic E-state index is 0.00603. The summed E-state index contributed by atoms with van der Waals surface area (Å²) < 4.78 is 11.0. The number of hydrogen-bond acceptors (Lipinski definition) is 3. The van der Waals surface area contributed by atoms with Gasteiger partial charge in [-0.05, 0) is 26.0 Å². The number of carbonyl (C=O) groups is 1. The first-order chi connectivity index (χ1) is 8.63. The number of rotatable bonds is 7. The molecule has 0 fully saturated rings. The van der Waals surface area contributed by atoms with Crippen molar-refractivity contribution in [3.63, 3.8) is 0 Å². The molecule has 0 amide bonds. The van der Waals surface area contributed by atoms with Crippen LogP contribution >= 0.6 is 0 Å². The Bertz CT molecular complexity index is 412. The predicted octanol–water partition coefficient (Wildman–Crippen LogP) is 2.59.